The molecule has 2 N–H and O–H groups in total. The minimum atomic E-state index is 0.281. The van der Waals surface area contributed by atoms with Gasteiger partial charge in [0.05, 0.1) is 0 Å². The smallest absolute Gasteiger partial charge is 0.220 e. The van der Waals surface area contributed by atoms with Crippen molar-refractivity contribution in [1.29, 1.82) is 0 Å². The summed E-state index contributed by atoms with van der Waals surface area (Å²) in [6, 6.07) is 0.444. The number of carbonyl (C=O) groups is 1. The molecule has 2 rings (SSSR count). The van der Waals surface area contributed by atoms with Crippen LogP contribution in [0.2, 0.25) is 0 Å². The van der Waals surface area contributed by atoms with Gasteiger partial charge < -0.3 is 10.6 Å². The summed E-state index contributed by atoms with van der Waals surface area (Å²) in [5.74, 6) is 1.68. The van der Waals surface area contributed by atoms with Crippen molar-refractivity contribution in [3.05, 3.63) is 0 Å². The molecule has 3 nitrogen and oxygen atoms in total. The van der Waals surface area contributed by atoms with Gasteiger partial charge >= 0.3 is 0 Å². The number of carbonyl (C=O) groups excluding carboxylic acids is 1. The van der Waals surface area contributed by atoms with Crippen LogP contribution in [0.15, 0.2) is 0 Å². The molecule has 0 bridgehead atoms. The molecule has 0 aromatic carbocycles. The Morgan fingerprint density at radius 3 is 2.83 bits per heavy atom. The number of amides is 1. The predicted molar refractivity (Wildman–Crippen MR) is 74.4 cm³/mol. The van der Waals surface area contributed by atoms with Crippen molar-refractivity contribution in [3.63, 3.8) is 0 Å². The predicted octanol–water partition coefficient (Wildman–Crippen LogP) is 2.46. The van der Waals surface area contributed by atoms with Crippen molar-refractivity contribution in [2.75, 3.05) is 13.1 Å². The van der Waals surface area contributed by atoms with E-state index in [0.717, 1.165) is 25.4 Å². The van der Waals surface area contributed by atoms with Crippen LogP contribution >= 0.6 is 0 Å². The molecule has 2 aliphatic rings. The van der Waals surface area contributed by atoms with Gasteiger partial charge in [-0.25, -0.2) is 0 Å². The first kappa shape index (κ1) is 13.9. The van der Waals surface area contributed by atoms with Crippen LogP contribution in [0.3, 0.4) is 0 Å². The first-order valence-corrected chi connectivity index (χ1v) is 7.74. The van der Waals surface area contributed by atoms with Gasteiger partial charge in [0.15, 0.2) is 0 Å². The molecule has 104 valence electrons. The van der Waals surface area contributed by atoms with E-state index in [9.17, 15) is 4.79 Å². The van der Waals surface area contributed by atoms with Gasteiger partial charge in [-0.1, -0.05) is 19.8 Å². The van der Waals surface area contributed by atoms with E-state index in [1.54, 1.807) is 0 Å². The standard InChI is InChI=1S/C15H28N2O/c1-12-4-2-6-14(8-7-12)17-15(18)10-13-5-3-9-16-11-13/h12-14,16H,2-11H2,1H3,(H,17,18). The van der Waals surface area contributed by atoms with E-state index in [1.165, 1.54) is 44.9 Å². The number of piperidine rings is 1. The molecule has 18 heavy (non-hydrogen) atoms. The molecule has 0 radical (unpaired) electrons. The van der Waals surface area contributed by atoms with E-state index in [0.29, 0.717) is 12.0 Å². The highest BCUT2D eigenvalue weighted by Gasteiger charge is 2.21. The van der Waals surface area contributed by atoms with E-state index < -0.39 is 0 Å². The maximum Gasteiger partial charge on any atom is 0.220 e. The minimum Gasteiger partial charge on any atom is -0.353 e. The third-order valence-corrected chi connectivity index (χ3v) is 4.50. The van der Waals surface area contributed by atoms with Gasteiger partial charge in [0.1, 0.15) is 0 Å². The summed E-state index contributed by atoms with van der Waals surface area (Å²) in [4.78, 5) is 12.0. The third-order valence-electron chi connectivity index (χ3n) is 4.50. The number of rotatable bonds is 3. The van der Waals surface area contributed by atoms with Gasteiger partial charge in [0, 0.05) is 12.5 Å². The van der Waals surface area contributed by atoms with Crippen molar-refractivity contribution >= 4 is 5.91 Å². The second-order valence-electron chi connectivity index (χ2n) is 6.29. The molecule has 0 aromatic rings. The third kappa shape index (κ3) is 4.60. The molecule has 1 aliphatic heterocycles. The lowest BCUT2D eigenvalue weighted by molar-refractivity contribution is -0.122. The maximum atomic E-state index is 12.0. The second-order valence-corrected chi connectivity index (χ2v) is 6.29. The van der Waals surface area contributed by atoms with Gasteiger partial charge in [-0.15, -0.1) is 0 Å². The van der Waals surface area contributed by atoms with Crippen molar-refractivity contribution in [2.24, 2.45) is 11.8 Å². The monoisotopic (exact) mass is 252 g/mol. The van der Waals surface area contributed by atoms with Crippen LogP contribution in [-0.2, 0) is 4.79 Å². The normalized spacial score (nSPS) is 33.7. The summed E-state index contributed by atoms with van der Waals surface area (Å²) in [6.45, 7) is 4.48. The molecule has 0 spiro atoms. The Morgan fingerprint density at radius 2 is 2.06 bits per heavy atom. The van der Waals surface area contributed by atoms with E-state index in [-0.39, 0.29) is 5.91 Å². The fourth-order valence-corrected chi connectivity index (χ4v) is 3.28. The fraction of sp³-hybridized carbons (Fsp3) is 0.933. The lowest BCUT2D eigenvalue weighted by atomic mass is 9.95. The van der Waals surface area contributed by atoms with Crippen LogP contribution in [0.4, 0.5) is 0 Å². The number of hydrogen-bond donors (Lipinski definition) is 2. The zero-order valence-corrected chi connectivity index (χ0v) is 11.7. The van der Waals surface area contributed by atoms with Crippen LogP contribution in [-0.4, -0.2) is 25.0 Å². The topological polar surface area (TPSA) is 41.1 Å². The molecule has 3 atom stereocenters. The summed E-state index contributed by atoms with van der Waals surface area (Å²) in [5, 5.41) is 6.64. The largest absolute Gasteiger partial charge is 0.353 e. The molecule has 1 saturated heterocycles. The molecule has 1 amide bonds. The SMILES string of the molecule is CC1CCCC(NC(=O)CC2CCCNC2)CC1. The Hall–Kier alpha value is -0.570. The van der Waals surface area contributed by atoms with Crippen molar-refractivity contribution < 1.29 is 4.79 Å². The molecule has 1 saturated carbocycles. The maximum absolute atomic E-state index is 12.0. The Bertz CT molecular complexity index is 261. The Kier molecular flexibility index (Phi) is 5.48. The summed E-state index contributed by atoms with van der Waals surface area (Å²) in [5.41, 5.74) is 0. The van der Waals surface area contributed by atoms with E-state index in [4.69, 9.17) is 0 Å². The van der Waals surface area contributed by atoms with Crippen LogP contribution in [0.1, 0.15) is 58.3 Å². The Morgan fingerprint density at radius 1 is 1.17 bits per heavy atom. The highest BCUT2D eigenvalue weighted by molar-refractivity contribution is 5.76. The Labute approximate surface area is 111 Å². The van der Waals surface area contributed by atoms with Gasteiger partial charge in [0.2, 0.25) is 5.91 Å². The van der Waals surface area contributed by atoms with Crippen molar-refractivity contribution in [3.8, 4) is 0 Å². The van der Waals surface area contributed by atoms with Crippen LogP contribution < -0.4 is 10.6 Å². The molecular weight excluding hydrogens is 224 g/mol. The zero-order chi connectivity index (χ0) is 12.8. The number of hydrogen-bond acceptors (Lipinski definition) is 2. The number of nitrogens with one attached hydrogen (secondary N) is 2. The van der Waals surface area contributed by atoms with Gasteiger partial charge in [-0.2, -0.15) is 0 Å². The van der Waals surface area contributed by atoms with E-state index in [2.05, 4.69) is 17.6 Å². The lowest BCUT2D eigenvalue weighted by Crippen LogP contribution is -2.38. The average Bonchev–Trinajstić information content (AvgIpc) is 2.56. The fourth-order valence-electron chi connectivity index (χ4n) is 3.28. The summed E-state index contributed by atoms with van der Waals surface area (Å²) < 4.78 is 0. The highest BCUT2D eigenvalue weighted by atomic mass is 16.1. The zero-order valence-electron chi connectivity index (χ0n) is 11.7. The van der Waals surface area contributed by atoms with Crippen LogP contribution in [0, 0.1) is 11.8 Å². The van der Waals surface area contributed by atoms with Crippen molar-refractivity contribution in [1.82, 2.24) is 10.6 Å². The summed E-state index contributed by atoms with van der Waals surface area (Å²) in [6.07, 6.45) is 9.39. The first-order chi connectivity index (χ1) is 8.74. The van der Waals surface area contributed by atoms with Crippen LogP contribution in [0.5, 0.6) is 0 Å². The minimum absolute atomic E-state index is 0.281. The molecule has 0 aromatic heterocycles. The van der Waals surface area contributed by atoms with Gasteiger partial charge in [0.25, 0.3) is 0 Å². The highest BCUT2D eigenvalue weighted by Crippen LogP contribution is 2.23. The van der Waals surface area contributed by atoms with Gasteiger partial charge in [-0.3, -0.25) is 4.79 Å². The lowest BCUT2D eigenvalue weighted by Gasteiger charge is -2.23. The quantitative estimate of drug-likeness (QED) is 0.758. The van der Waals surface area contributed by atoms with E-state index in [1.807, 2.05) is 0 Å². The molecule has 3 heteroatoms. The first-order valence-electron chi connectivity index (χ1n) is 7.74. The molecule has 3 unspecified atom stereocenters. The molecule has 2 fully saturated rings. The molecule has 1 aliphatic carbocycles. The van der Waals surface area contributed by atoms with Crippen molar-refractivity contribution in [2.45, 2.75) is 64.3 Å². The van der Waals surface area contributed by atoms with E-state index >= 15 is 0 Å². The average molecular weight is 252 g/mol. The summed E-state index contributed by atoms with van der Waals surface area (Å²) >= 11 is 0. The molecule has 1 heterocycles. The molecular formula is C15H28N2O. The Balaban J connectivity index is 1.69. The summed E-state index contributed by atoms with van der Waals surface area (Å²) in [7, 11) is 0. The second kappa shape index (κ2) is 7.13. The van der Waals surface area contributed by atoms with Gasteiger partial charge in [-0.05, 0) is 57.0 Å². The van der Waals surface area contributed by atoms with Crippen LogP contribution in [0.25, 0.3) is 0 Å².